The Bertz CT molecular complexity index is 1590. The maximum atomic E-state index is 13.5. The summed E-state index contributed by atoms with van der Waals surface area (Å²) in [5.74, 6) is -0.545. The summed E-state index contributed by atoms with van der Waals surface area (Å²) in [7, 11) is 1.46. The normalized spacial score (nSPS) is 14.4. The first-order valence-electron chi connectivity index (χ1n) is 30.1. The first-order valence-corrected chi connectivity index (χ1v) is 31.6. The molecule has 0 heterocycles. The molecule has 0 radical (unpaired) electrons. The van der Waals surface area contributed by atoms with E-state index in [-0.39, 0.29) is 31.5 Å². The minimum absolute atomic E-state index is 0.0296. The van der Waals surface area contributed by atoms with Crippen LogP contribution in [0.25, 0.3) is 0 Å². The highest BCUT2D eigenvalue weighted by Gasteiger charge is 2.30. The molecule has 10 heteroatoms. The molecule has 0 fully saturated rings. The van der Waals surface area contributed by atoms with Gasteiger partial charge in [-0.15, -0.1) is 0 Å². The zero-order valence-corrected chi connectivity index (χ0v) is 49.4. The molecular formula is C64H114N2O7P+. The lowest BCUT2D eigenvalue weighted by molar-refractivity contribution is -0.870. The fourth-order valence-corrected chi connectivity index (χ4v) is 8.89. The SMILES string of the molecule is CC/C=C/C=C/C=C/CCCCCCCCCC(=O)NC(COP(=O)(O)OCC[N+](C)(C)C)C(/C=C\CCCCCCCCCCCC)OC(=O)CCCCCCC/C=C\C/C=C\C/C=C\C/C=C\CCCCC. The Morgan fingerprint density at radius 1 is 0.500 bits per heavy atom. The molecule has 0 aromatic heterocycles. The average molecular weight is 1050 g/mol. The van der Waals surface area contributed by atoms with Crippen molar-refractivity contribution in [2.75, 3.05) is 40.9 Å². The van der Waals surface area contributed by atoms with Gasteiger partial charge in [0, 0.05) is 12.8 Å². The number of phosphoric acid groups is 1. The molecule has 1 amide bonds. The zero-order valence-electron chi connectivity index (χ0n) is 48.6. The number of ether oxygens (including phenoxy) is 1. The van der Waals surface area contributed by atoms with Crippen LogP contribution in [0.1, 0.15) is 245 Å². The summed E-state index contributed by atoms with van der Waals surface area (Å²) < 4.78 is 30.6. The Hall–Kier alpha value is -3.07. The fraction of sp³-hybridized carbons (Fsp3) is 0.719. The minimum Gasteiger partial charge on any atom is -0.456 e. The molecule has 9 nitrogen and oxygen atoms in total. The smallest absolute Gasteiger partial charge is 0.456 e. The second kappa shape index (κ2) is 53.3. The van der Waals surface area contributed by atoms with Gasteiger partial charge in [0.15, 0.2) is 0 Å². The van der Waals surface area contributed by atoms with E-state index in [1.165, 1.54) is 96.3 Å². The number of nitrogens with zero attached hydrogens (tertiary/aromatic N) is 1. The van der Waals surface area contributed by atoms with Crippen LogP contribution in [-0.2, 0) is 27.9 Å². The third kappa shape index (κ3) is 53.7. The van der Waals surface area contributed by atoms with Gasteiger partial charge in [0.1, 0.15) is 19.3 Å². The van der Waals surface area contributed by atoms with Crippen LogP contribution in [0.5, 0.6) is 0 Å². The molecule has 0 aliphatic carbocycles. The molecule has 0 rings (SSSR count). The Morgan fingerprint density at radius 2 is 0.919 bits per heavy atom. The maximum absolute atomic E-state index is 13.5. The van der Waals surface area contributed by atoms with Crippen LogP contribution in [0.4, 0.5) is 0 Å². The van der Waals surface area contributed by atoms with Gasteiger partial charge in [-0.25, -0.2) is 4.57 Å². The van der Waals surface area contributed by atoms with E-state index in [0.717, 1.165) is 109 Å². The molecule has 0 bridgehead atoms. The Kier molecular flexibility index (Phi) is 51.1. The summed E-state index contributed by atoms with van der Waals surface area (Å²) in [5.41, 5.74) is 0. The number of carbonyl (C=O) groups is 2. The van der Waals surface area contributed by atoms with Gasteiger partial charge in [0.05, 0.1) is 33.8 Å². The van der Waals surface area contributed by atoms with Crippen molar-refractivity contribution in [3.05, 3.63) is 97.2 Å². The summed E-state index contributed by atoms with van der Waals surface area (Å²) in [6.45, 7) is 6.82. The standard InChI is InChI=1S/C64H113N2O7P/c1-7-10-13-16-19-22-25-28-30-31-32-33-34-35-37-39-42-45-48-51-54-57-64(68)73-62(55-52-49-46-43-40-27-24-21-18-15-12-9-3)61(60-72-74(69,70)71-59-58-66(4,5)6)65-63(67)56-53-50-47-44-41-38-36-29-26-23-20-17-14-11-8-2/h11,14,17,19-20,22-23,26,28,30,32-33,35,37,52,55,61-62H,7-10,12-13,15-16,18,21,24-25,27,29,31,34,36,38-51,53-54,56-60H2,1-6H3,(H-,65,67,69,70)/p+1/b14-11+,20-17+,22-19-,26-23+,30-28-,33-32-,37-35-,55-52-. The van der Waals surface area contributed by atoms with E-state index < -0.39 is 20.0 Å². The van der Waals surface area contributed by atoms with Gasteiger partial charge in [-0.3, -0.25) is 18.6 Å². The van der Waals surface area contributed by atoms with Crippen LogP contribution in [0.3, 0.4) is 0 Å². The molecular weight excluding hydrogens is 940 g/mol. The first-order chi connectivity index (χ1) is 35.9. The molecule has 3 unspecified atom stereocenters. The number of carbonyl (C=O) groups excluding carboxylic acids is 2. The predicted octanol–water partition coefficient (Wildman–Crippen LogP) is 18.4. The highest BCUT2D eigenvalue weighted by Crippen LogP contribution is 2.43. The third-order valence-electron chi connectivity index (χ3n) is 12.8. The van der Waals surface area contributed by atoms with Crippen LogP contribution >= 0.6 is 7.82 Å². The van der Waals surface area contributed by atoms with E-state index in [0.29, 0.717) is 23.9 Å². The highest BCUT2D eigenvalue weighted by atomic mass is 31.2. The van der Waals surface area contributed by atoms with Crippen molar-refractivity contribution in [2.24, 2.45) is 0 Å². The monoisotopic (exact) mass is 1050 g/mol. The van der Waals surface area contributed by atoms with Crippen LogP contribution in [0.15, 0.2) is 97.2 Å². The second-order valence-electron chi connectivity index (χ2n) is 21.2. The lowest BCUT2D eigenvalue weighted by Gasteiger charge is -2.27. The molecule has 0 saturated carbocycles. The molecule has 0 spiro atoms. The van der Waals surface area contributed by atoms with Crippen molar-refractivity contribution in [1.82, 2.24) is 5.32 Å². The van der Waals surface area contributed by atoms with Crippen molar-refractivity contribution < 1.29 is 37.3 Å². The molecule has 0 aromatic rings. The number of nitrogens with one attached hydrogen (secondary N) is 1. The lowest BCUT2D eigenvalue weighted by Crippen LogP contribution is -2.47. The number of amides is 1. The number of likely N-dealkylation sites (N-methyl/N-ethyl adjacent to an activating group) is 1. The Morgan fingerprint density at radius 3 is 1.43 bits per heavy atom. The average Bonchev–Trinajstić information content (AvgIpc) is 3.36. The van der Waals surface area contributed by atoms with Crippen LogP contribution < -0.4 is 5.32 Å². The number of rotatable bonds is 53. The topological polar surface area (TPSA) is 111 Å². The van der Waals surface area contributed by atoms with Crippen molar-refractivity contribution in [3.8, 4) is 0 Å². The van der Waals surface area contributed by atoms with E-state index in [4.69, 9.17) is 13.8 Å². The quantitative estimate of drug-likeness (QED) is 0.0156. The lowest BCUT2D eigenvalue weighted by atomic mass is 10.0. The van der Waals surface area contributed by atoms with Gasteiger partial charge < -0.3 is 19.4 Å². The molecule has 0 aromatic carbocycles. The van der Waals surface area contributed by atoms with Gasteiger partial charge in [-0.2, -0.15) is 0 Å². The van der Waals surface area contributed by atoms with Crippen LogP contribution in [0.2, 0.25) is 0 Å². The van der Waals surface area contributed by atoms with Crippen molar-refractivity contribution in [1.29, 1.82) is 0 Å². The maximum Gasteiger partial charge on any atom is 0.472 e. The summed E-state index contributed by atoms with van der Waals surface area (Å²) in [6, 6.07) is -0.868. The van der Waals surface area contributed by atoms with E-state index in [1.54, 1.807) is 0 Å². The van der Waals surface area contributed by atoms with Gasteiger partial charge in [-0.05, 0) is 96.0 Å². The van der Waals surface area contributed by atoms with Gasteiger partial charge in [-0.1, -0.05) is 234 Å². The zero-order chi connectivity index (χ0) is 54.3. The molecule has 3 atom stereocenters. The number of hydrogen-bond acceptors (Lipinski definition) is 6. The number of allylic oxidation sites excluding steroid dienone is 15. The van der Waals surface area contributed by atoms with Crippen LogP contribution in [-0.4, -0.2) is 74.3 Å². The van der Waals surface area contributed by atoms with Crippen molar-refractivity contribution >= 4 is 19.7 Å². The van der Waals surface area contributed by atoms with Crippen molar-refractivity contribution in [2.45, 2.75) is 258 Å². The summed E-state index contributed by atoms with van der Waals surface area (Å²) in [4.78, 5) is 37.7. The number of hydrogen-bond donors (Lipinski definition) is 2. The number of phosphoric ester groups is 1. The van der Waals surface area contributed by atoms with Crippen LogP contribution in [0, 0.1) is 0 Å². The highest BCUT2D eigenvalue weighted by molar-refractivity contribution is 7.47. The molecule has 0 aliphatic heterocycles. The number of esters is 1. The van der Waals surface area contributed by atoms with Crippen molar-refractivity contribution in [3.63, 3.8) is 0 Å². The van der Waals surface area contributed by atoms with Gasteiger partial charge in [0.25, 0.3) is 0 Å². The molecule has 426 valence electrons. The fourth-order valence-electron chi connectivity index (χ4n) is 8.16. The summed E-state index contributed by atoms with van der Waals surface area (Å²) >= 11 is 0. The Balaban J connectivity index is 5.33. The second-order valence-corrected chi connectivity index (χ2v) is 22.7. The summed E-state index contributed by atoms with van der Waals surface area (Å²) in [6.07, 6.45) is 71.1. The first kappa shape index (κ1) is 70.9. The molecule has 0 saturated heterocycles. The largest absolute Gasteiger partial charge is 0.472 e. The van der Waals surface area contributed by atoms with Gasteiger partial charge >= 0.3 is 13.8 Å². The molecule has 2 N–H and O–H groups in total. The van der Waals surface area contributed by atoms with E-state index in [2.05, 4.69) is 111 Å². The third-order valence-corrected chi connectivity index (χ3v) is 13.8. The molecule has 74 heavy (non-hydrogen) atoms. The number of quaternary nitrogens is 1. The van der Waals surface area contributed by atoms with Gasteiger partial charge in [0.2, 0.25) is 5.91 Å². The summed E-state index contributed by atoms with van der Waals surface area (Å²) in [5, 5.41) is 3.04. The predicted molar refractivity (Wildman–Crippen MR) is 318 cm³/mol. The van der Waals surface area contributed by atoms with E-state index in [9.17, 15) is 19.0 Å². The minimum atomic E-state index is -4.46. The number of unbranched alkanes of at least 4 members (excludes halogenated alkanes) is 25. The van der Waals surface area contributed by atoms with E-state index >= 15 is 0 Å². The molecule has 0 aliphatic rings. The van der Waals surface area contributed by atoms with E-state index in [1.807, 2.05) is 33.3 Å². The Labute approximate surface area is 456 Å².